The second-order valence-corrected chi connectivity index (χ2v) is 3.53. The minimum atomic E-state index is -0.750. The summed E-state index contributed by atoms with van der Waals surface area (Å²) < 4.78 is 4.92. The highest BCUT2D eigenvalue weighted by atomic mass is 16.5. The zero-order valence-electron chi connectivity index (χ0n) is 8.84. The lowest BCUT2D eigenvalue weighted by Crippen LogP contribution is -2.08. The maximum Gasteiger partial charge on any atom is 0.160 e. The number of phenolic OH excluding ortho intramolecular Hbond substituents is 1. The van der Waals surface area contributed by atoms with Crippen LogP contribution in [0.25, 0.3) is 0 Å². The van der Waals surface area contributed by atoms with Crippen molar-refractivity contribution in [2.45, 2.75) is 25.6 Å². The van der Waals surface area contributed by atoms with Crippen molar-refractivity contribution in [1.82, 2.24) is 0 Å². The van der Waals surface area contributed by atoms with E-state index in [9.17, 15) is 10.2 Å². The van der Waals surface area contributed by atoms with Gasteiger partial charge >= 0.3 is 0 Å². The Labute approximate surface area is 88.8 Å². The standard InChI is InChI=1S/C11H16O4/c1-7(12)5-10(14)8-3-4-9(13)11(6-8)15-2/h3-4,6-7,10,12-14H,5H2,1-2H3. The van der Waals surface area contributed by atoms with Gasteiger partial charge < -0.3 is 20.1 Å². The molecule has 4 heteroatoms. The van der Waals surface area contributed by atoms with Gasteiger partial charge in [0.1, 0.15) is 0 Å². The summed E-state index contributed by atoms with van der Waals surface area (Å²) in [5.74, 6) is 0.350. The molecule has 0 saturated heterocycles. The van der Waals surface area contributed by atoms with Crippen LogP contribution in [0.3, 0.4) is 0 Å². The van der Waals surface area contributed by atoms with E-state index in [1.165, 1.54) is 13.2 Å². The molecule has 0 aliphatic heterocycles. The molecular weight excluding hydrogens is 196 g/mol. The summed E-state index contributed by atoms with van der Waals surface area (Å²) in [6, 6.07) is 4.62. The van der Waals surface area contributed by atoms with Gasteiger partial charge in [-0.15, -0.1) is 0 Å². The van der Waals surface area contributed by atoms with Crippen molar-refractivity contribution in [1.29, 1.82) is 0 Å². The zero-order chi connectivity index (χ0) is 11.4. The summed E-state index contributed by atoms with van der Waals surface area (Å²) in [5, 5.41) is 28.2. The monoisotopic (exact) mass is 212 g/mol. The molecule has 0 radical (unpaired) electrons. The molecule has 1 aromatic rings. The van der Waals surface area contributed by atoms with Crippen molar-refractivity contribution >= 4 is 0 Å². The molecule has 2 atom stereocenters. The molecule has 0 bridgehead atoms. The van der Waals surface area contributed by atoms with Crippen LogP contribution in [0.1, 0.15) is 25.0 Å². The molecule has 0 aromatic heterocycles. The number of hydrogen-bond acceptors (Lipinski definition) is 4. The Balaban J connectivity index is 2.85. The topological polar surface area (TPSA) is 69.9 Å². The number of hydrogen-bond donors (Lipinski definition) is 3. The van der Waals surface area contributed by atoms with Crippen molar-refractivity contribution in [2.75, 3.05) is 7.11 Å². The molecular formula is C11H16O4. The van der Waals surface area contributed by atoms with Crippen LogP contribution in [-0.4, -0.2) is 28.5 Å². The van der Waals surface area contributed by atoms with Gasteiger partial charge in [0.25, 0.3) is 0 Å². The molecule has 3 N–H and O–H groups in total. The highest BCUT2D eigenvalue weighted by molar-refractivity contribution is 5.42. The van der Waals surface area contributed by atoms with E-state index in [1.807, 2.05) is 0 Å². The van der Waals surface area contributed by atoms with E-state index in [4.69, 9.17) is 9.84 Å². The van der Waals surface area contributed by atoms with Crippen LogP contribution in [0.5, 0.6) is 11.5 Å². The van der Waals surface area contributed by atoms with E-state index in [0.717, 1.165) is 0 Å². The second kappa shape index (κ2) is 5.00. The van der Waals surface area contributed by atoms with Gasteiger partial charge in [0.2, 0.25) is 0 Å². The fraction of sp³-hybridized carbons (Fsp3) is 0.455. The van der Waals surface area contributed by atoms with Gasteiger partial charge in [0.15, 0.2) is 11.5 Å². The van der Waals surface area contributed by atoms with Crippen molar-refractivity contribution in [2.24, 2.45) is 0 Å². The number of aliphatic hydroxyl groups excluding tert-OH is 2. The average molecular weight is 212 g/mol. The van der Waals surface area contributed by atoms with Crippen LogP contribution in [0, 0.1) is 0 Å². The predicted molar refractivity (Wildman–Crippen MR) is 55.9 cm³/mol. The largest absolute Gasteiger partial charge is 0.504 e. The first kappa shape index (κ1) is 11.8. The molecule has 0 fully saturated rings. The van der Waals surface area contributed by atoms with Gasteiger partial charge in [-0.2, -0.15) is 0 Å². The highest BCUT2D eigenvalue weighted by Gasteiger charge is 2.12. The molecule has 15 heavy (non-hydrogen) atoms. The Morgan fingerprint density at radius 1 is 1.33 bits per heavy atom. The van der Waals surface area contributed by atoms with E-state index in [2.05, 4.69) is 0 Å². The van der Waals surface area contributed by atoms with Gasteiger partial charge in [0.05, 0.1) is 19.3 Å². The van der Waals surface area contributed by atoms with E-state index in [1.54, 1.807) is 19.1 Å². The van der Waals surface area contributed by atoms with Gasteiger partial charge in [-0.25, -0.2) is 0 Å². The molecule has 0 saturated carbocycles. The van der Waals surface area contributed by atoms with E-state index in [-0.39, 0.29) is 12.2 Å². The number of phenols is 1. The molecule has 84 valence electrons. The number of benzene rings is 1. The quantitative estimate of drug-likeness (QED) is 0.701. The Morgan fingerprint density at radius 3 is 2.53 bits per heavy atom. The van der Waals surface area contributed by atoms with E-state index >= 15 is 0 Å². The lowest BCUT2D eigenvalue weighted by atomic mass is 10.0. The fourth-order valence-corrected chi connectivity index (χ4v) is 1.36. The third kappa shape index (κ3) is 3.11. The third-order valence-electron chi connectivity index (χ3n) is 2.15. The maximum atomic E-state index is 9.70. The highest BCUT2D eigenvalue weighted by Crippen LogP contribution is 2.30. The van der Waals surface area contributed by atoms with Gasteiger partial charge in [-0.1, -0.05) is 6.07 Å². The van der Waals surface area contributed by atoms with Crippen LogP contribution in [0.4, 0.5) is 0 Å². The molecule has 1 aromatic carbocycles. The number of aromatic hydroxyl groups is 1. The third-order valence-corrected chi connectivity index (χ3v) is 2.15. The van der Waals surface area contributed by atoms with Crippen LogP contribution in [0.15, 0.2) is 18.2 Å². The lowest BCUT2D eigenvalue weighted by Gasteiger charge is -2.14. The molecule has 0 aliphatic carbocycles. The number of rotatable bonds is 4. The number of ether oxygens (including phenoxy) is 1. The zero-order valence-corrected chi connectivity index (χ0v) is 8.84. The van der Waals surface area contributed by atoms with Crippen molar-refractivity contribution in [3.8, 4) is 11.5 Å². The summed E-state index contributed by atoms with van der Waals surface area (Å²) >= 11 is 0. The fourth-order valence-electron chi connectivity index (χ4n) is 1.36. The van der Waals surface area contributed by atoms with Crippen LogP contribution < -0.4 is 4.74 Å². The predicted octanol–water partition coefficient (Wildman–Crippen LogP) is 1.21. The van der Waals surface area contributed by atoms with Crippen LogP contribution >= 0.6 is 0 Å². The van der Waals surface area contributed by atoms with Gasteiger partial charge in [0, 0.05) is 6.42 Å². The van der Waals surface area contributed by atoms with Crippen molar-refractivity contribution in [3.05, 3.63) is 23.8 Å². The minimum Gasteiger partial charge on any atom is -0.504 e. The van der Waals surface area contributed by atoms with E-state index in [0.29, 0.717) is 11.3 Å². The van der Waals surface area contributed by atoms with Crippen molar-refractivity contribution in [3.63, 3.8) is 0 Å². The Morgan fingerprint density at radius 2 is 2.00 bits per heavy atom. The smallest absolute Gasteiger partial charge is 0.160 e. The summed E-state index contributed by atoms with van der Waals surface area (Å²) in [7, 11) is 1.44. The summed E-state index contributed by atoms with van der Waals surface area (Å²) in [6.07, 6.45) is -1.06. The minimum absolute atomic E-state index is 0.0329. The summed E-state index contributed by atoms with van der Waals surface area (Å²) in [6.45, 7) is 1.61. The molecule has 2 unspecified atom stereocenters. The SMILES string of the molecule is COc1cc(C(O)CC(C)O)ccc1O. The van der Waals surface area contributed by atoms with Crippen LogP contribution in [-0.2, 0) is 0 Å². The van der Waals surface area contributed by atoms with E-state index < -0.39 is 12.2 Å². The summed E-state index contributed by atoms with van der Waals surface area (Å²) in [5.41, 5.74) is 0.616. The number of methoxy groups -OCH3 is 1. The summed E-state index contributed by atoms with van der Waals surface area (Å²) in [4.78, 5) is 0. The molecule has 0 heterocycles. The molecule has 0 spiro atoms. The van der Waals surface area contributed by atoms with Gasteiger partial charge in [-0.3, -0.25) is 0 Å². The average Bonchev–Trinajstić information content (AvgIpc) is 2.17. The second-order valence-electron chi connectivity index (χ2n) is 3.53. The molecule has 1 rings (SSSR count). The maximum absolute atomic E-state index is 9.70. The van der Waals surface area contributed by atoms with Crippen molar-refractivity contribution < 1.29 is 20.1 Å². The lowest BCUT2D eigenvalue weighted by molar-refractivity contribution is 0.0905. The van der Waals surface area contributed by atoms with Crippen LogP contribution in [0.2, 0.25) is 0 Å². The Hall–Kier alpha value is -1.26. The molecule has 0 aliphatic rings. The Kier molecular flexibility index (Phi) is 3.94. The number of aliphatic hydroxyl groups is 2. The van der Waals surface area contributed by atoms with Gasteiger partial charge in [-0.05, 0) is 24.6 Å². The first-order valence-corrected chi connectivity index (χ1v) is 4.77. The molecule has 0 amide bonds. The Bertz CT molecular complexity index is 322. The molecule has 4 nitrogen and oxygen atoms in total. The normalized spacial score (nSPS) is 14.7. The first-order chi connectivity index (χ1) is 7.04. The first-order valence-electron chi connectivity index (χ1n) is 4.77.